The molecule has 0 aliphatic heterocycles. The Hall–Kier alpha value is -2.13. The van der Waals surface area contributed by atoms with Crippen LogP contribution in [0.25, 0.3) is 32.8 Å². The predicted octanol–water partition coefficient (Wildman–Crippen LogP) is 7.19. The van der Waals surface area contributed by atoms with Crippen LogP contribution < -0.4 is 4.40 Å². The molecule has 0 atom stereocenters. The average Bonchev–Trinajstić information content (AvgIpc) is 2.71. The van der Waals surface area contributed by atoms with Gasteiger partial charge in [0.05, 0.1) is 0 Å². The Labute approximate surface area is 180 Å². The number of rotatable bonds is 3. The number of fused-ring (bicyclic) bond motifs is 3. The zero-order chi connectivity index (χ0) is 22.6. The van der Waals surface area contributed by atoms with Crippen LogP contribution in [0.4, 0.5) is 0 Å². The molecule has 0 spiro atoms. The van der Waals surface area contributed by atoms with Gasteiger partial charge in [-0.1, -0.05) is 0 Å². The Morgan fingerprint density at radius 3 is 2.28 bits per heavy atom. The van der Waals surface area contributed by atoms with E-state index in [1.807, 2.05) is 33.0 Å². The van der Waals surface area contributed by atoms with Crippen molar-refractivity contribution < 1.29 is 2.74 Å². The van der Waals surface area contributed by atoms with E-state index in [1.54, 1.807) is 0 Å². The van der Waals surface area contributed by atoms with Gasteiger partial charge in [-0.25, -0.2) is 0 Å². The first-order valence-electron chi connectivity index (χ1n) is 11.3. The van der Waals surface area contributed by atoms with Crippen LogP contribution in [-0.2, 0) is 6.37 Å². The third kappa shape index (κ3) is 4.25. The molecule has 29 heavy (non-hydrogen) atoms. The Kier molecular flexibility index (Phi) is 4.45. The second kappa shape index (κ2) is 7.29. The summed E-state index contributed by atoms with van der Waals surface area (Å²) in [6, 6.07) is 21.3. The van der Waals surface area contributed by atoms with Gasteiger partial charge >= 0.3 is 180 Å². The third-order valence-electron chi connectivity index (χ3n) is 5.26. The molecule has 0 aliphatic carbocycles. The van der Waals surface area contributed by atoms with Gasteiger partial charge in [0.25, 0.3) is 0 Å². The summed E-state index contributed by atoms with van der Waals surface area (Å²) in [7, 11) is 0. The van der Waals surface area contributed by atoms with Crippen LogP contribution in [0.3, 0.4) is 0 Å². The Balaban J connectivity index is 1.91. The van der Waals surface area contributed by atoms with Crippen LogP contribution in [0.2, 0.25) is 17.3 Å². The molecule has 0 N–H and O–H groups in total. The van der Waals surface area contributed by atoms with Crippen molar-refractivity contribution in [3.8, 4) is 11.3 Å². The van der Waals surface area contributed by atoms with Gasteiger partial charge in [-0.05, 0) is 0 Å². The first kappa shape index (κ1) is 17.7. The molecular formula is C27H31GeN. The van der Waals surface area contributed by atoms with Crippen molar-refractivity contribution >= 4 is 39.2 Å². The summed E-state index contributed by atoms with van der Waals surface area (Å²) in [5.41, 5.74) is 2.18. The summed E-state index contributed by atoms with van der Waals surface area (Å²) >= 11 is -2.32. The van der Waals surface area contributed by atoms with Gasteiger partial charge in [0.1, 0.15) is 0 Å². The molecule has 0 unspecified atom stereocenters. The van der Waals surface area contributed by atoms with Crippen LogP contribution >= 0.6 is 0 Å². The van der Waals surface area contributed by atoms with Crippen molar-refractivity contribution in [2.24, 2.45) is 5.41 Å². The van der Waals surface area contributed by atoms with Crippen LogP contribution in [0, 0.1) is 5.41 Å². The maximum atomic E-state index is 8.99. The predicted molar refractivity (Wildman–Crippen MR) is 131 cm³/mol. The number of hydrogen-bond donors (Lipinski definition) is 0. The molecule has 0 amide bonds. The molecule has 0 fully saturated rings. The molecule has 1 nitrogen and oxygen atoms in total. The first-order valence-corrected chi connectivity index (χ1v) is 17.7. The third-order valence-corrected chi connectivity index (χ3v) is 9.49. The Bertz CT molecular complexity index is 1280. The van der Waals surface area contributed by atoms with Gasteiger partial charge in [-0.3, -0.25) is 0 Å². The van der Waals surface area contributed by atoms with Crippen molar-refractivity contribution in [3.05, 3.63) is 72.4 Å². The summed E-state index contributed by atoms with van der Waals surface area (Å²) in [6.45, 7) is 5.94. The van der Waals surface area contributed by atoms with Gasteiger partial charge in [0.2, 0.25) is 0 Å². The van der Waals surface area contributed by atoms with E-state index in [-0.39, 0.29) is 0 Å². The van der Waals surface area contributed by atoms with Gasteiger partial charge in [0.15, 0.2) is 0 Å². The van der Waals surface area contributed by atoms with E-state index in [2.05, 4.69) is 71.9 Å². The van der Waals surface area contributed by atoms with Crippen LogP contribution in [-0.4, -0.2) is 18.3 Å². The fourth-order valence-electron chi connectivity index (χ4n) is 3.89. The van der Waals surface area contributed by atoms with Crippen LogP contribution in [0.15, 0.2) is 66.9 Å². The molecule has 0 aliphatic rings. The zero-order valence-corrected chi connectivity index (χ0v) is 20.4. The van der Waals surface area contributed by atoms with Gasteiger partial charge in [0, 0.05) is 0 Å². The Morgan fingerprint density at radius 1 is 0.862 bits per heavy atom. The number of benzene rings is 3. The van der Waals surface area contributed by atoms with E-state index >= 15 is 0 Å². The van der Waals surface area contributed by atoms with Crippen molar-refractivity contribution in [1.82, 2.24) is 4.98 Å². The summed E-state index contributed by atoms with van der Waals surface area (Å²) in [5, 5.41) is 4.90. The van der Waals surface area contributed by atoms with E-state index < -0.39 is 25.1 Å². The Morgan fingerprint density at radius 2 is 1.55 bits per heavy atom. The summed E-state index contributed by atoms with van der Waals surface area (Å²) in [4.78, 5) is 4.82. The van der Waals surface area contributed by atoms with Gasteiger partial charge < -0.3 is 0 Å². The van der Waals surface area contributed by atoms with E-state index in [9.17, 15) is 0 Å². The normalized spacial score (nSPS) is 14.1. The van der Waals surface area contributed by atoms with E-state index in [4.69, 9.17) is 7.73 Å². The van der Waals surface area contributed by atoms with E-state index in [0.717, 1.165) is 21.2 Å². The second-order valence-corrected chi connectivity index (χ2v) is 20.5. The molecule has 4 aromatic rings. The zero-order valence-electron chi connectivity index (χ0n) is 20.3. The second-order valence-electron chi connectivity index (χ2n) is 9.96. The SMILES string of the molecule is [2H]C([2H])(c1cc(-c2ccc3c(ccc4ccccc43)c2)nc[c]1[Ge]([CH3])([CH3])[CH3])C(C)(C)C. The summed E-state index contributed by atoms with van der Waals surface area (Å²) < 4.78 is 19.1. The van der Waals surface area contributed by atoms with Gasteiger partial charge in [-0.15, -0.1) is 0 Å². The van der Waals surface area contributed by atoms with Crippen molar-refractivity contribution in [3.63, 3.8) is 0 Å². The molecule has 3 aromatic carbocycles. The molecule has 1 heterocycles. The minimum atomic E-state index is -2.32. The van der Waals surface area contributed by atoms with Crippen molar-refractivity contribution in [1.29, 1.82) is 0 Å². The van der Waals surface area contributed by atoms with E-state index in [1.165, 1.54) is 21.5 Å². The topological polar surface area (TPSA) is 12.9 Å². The standard InChI is InChI=1S/C27H31GeN/c1-27(2,3)17-22-16-26(29-18-25(22)28(4,5)6)21-13-14-24-20(15-21)12-11-19-9-7-8-10-23(19)24/h7-16,18H,17H2,1-6H3/i17D2. The molecule has 1 aromatic heterocycles. The monoisotopic (exact) mass is 445 g/mol. The molecule has 0 saturated carbocycles. The summed E-state index contributed by atoms with van der Waals surface area (Å²) in [5.74, 6) is 6.92. The average molecular weight is 444 g/mol. The number of aromatic nitrogens is 1. The molecule has 0 radical (unpaired) electrons. The quantitative estimate of drug-likeness (QED) is 0.241. The van der Waals surface area contributed by atoms with Gasteiger partial charge in [-0.2, -0.15) is 0 Å². The molecule has 0 saturated heterocycles. The van der Waals surface area contributed by atoms with Crippen LogP contribution in [0.1, 0.15) is 29.1 Å². The molecule has 2 heteroatoms. The minimum absolute atomic E-state index is 0.504. The fraction of sp³-hybridized carbons (Fsp3) is 0.296. The molecular weight excluding hydrogens is 411 g/mol. The van der Waals surface area contributed by atoms with Crippen LogP contribution in [0.5, 0.6) is 0 Å². The summed E-state index contributed by atoms with van der Waals surface area (Å²) in [6.07, 6.45) is 0.518. The first-order chi connectivity index (χ1) is 14.4. The molecule has 0 bridgehead atoms. The number of nitrogens with zero attached hydrogens (tertiary/aromatic N) is 1. The van der Waals surface area contributed by atoms with E-state index in [0.29, 0.717) is 0 Å². The maximum absolute atomic E-state index is 8.99. The molecule has 148 valence electrons. The fourth-order valence-corrected chi connectivity index (χ4v) is 6.82. The van der Waals surface area contributed by atoms with Crippen molar-refractivity contribution in [2.45, 2.75) is 44.4 Å². The molecule has 4 rings (SSSR count). The van der Waals surface area contributed by atoms with Crippen molar-refractivity contribution in [2.75, 3.05) is 0 Å². The number of pyridine rings is 1. The number of hydrogen-bond acceptors (Lipinski definition) is 1.